The molecule has 0 N–H and O–H groups in total. The van der Waals surface area contributed by atoms with Gasteiger partial charge in [-0.05, 0) is 55.3 Å². The molecule has 0 amide bonds. The van der Waals surface area contributed by atoms with E-state index in [1.165, 1.54) is 32.1 Å². The molecule has 3 aliphatic rings. The van der Waals surface area contributed by atoms with Gasteiger partial charge in [0.25, 0.3) is 0 Å². The summed E-state index contributed by atoms with van der Waals surface area (Å²) in [6.07, 6.45) is 10.9. The fourth-order valence-electron chi connectivity index (χ4n) is 5.63. The predicted molar refractivity (Wildman–Crippen MR) is 78.9 cm³/mol. The van der Waals surface area contributed by atoms with Crippen LogP contribution < -0.4 is 0 Å². The molecule has 3 atom stereocenters. The van der Waals surface area contributed by atoms with Gasteiger partial charge in [-0.2, -0.15) is 0 Å². The fourth-order valence-corrected chi connectivity index (χ4v) is 5.63. The summed E-state index contributed by atoms with van der Waals surface area (Å²) in [7, 11) is 0. The lowest BCUT2D eigenvalue weighted by atomic mass is 9.44. The third kappa shape index (κ3) is 1.69. The molecule has 1 unspecified atom stereocenters. The molecule has 1 nitrogen and oxygen atoms in total. The molecule has 2 fully saturated rings. The molecular weight excluding hydrogens is 232 g/mol. The number of hydrogen-bond donors (Lipinski definition) is 0. The molecule has 0 aromatic heterocycles. The highest BCUT2D eigenvalue weighted by molar-refractivity contribution is 5.85. The smallest absolute Gasteiger partial charge is 0.138 e. The van der Waals surface area contributed by atoms with Crippen LogP contribution in [0, 0.1) is 22.2 Å². The minimum Gasteiger partial charge on any atom is -0.299 e. The number of fused-ring (bicyclic) bond motifs is 3. The van der Waals surface area contributed by atoms with Gasteiger partial charge >= 0.3 is 0 Å². The fraction of sp³-hybridized carbons (Fsp3) is 0.833. The Morgan fingerprint density at radius 3 is 2.58 bits per heavy atom. The lowest BCUT2D eigenvalue weighted by Gasteiger charge is -2.60. The summed E-state index contributed by atoms with van der Waals surface area (Å²) < 4.78 is 0. The van der Waals surface area contributed by atoms with Crippen LogP contribution in [0.5, 0.6) is 0 Å². The van der Waals surface area contributed by atoms with Gasteiger partial charge in [0.05, 0.1) is 0 Å². The predicted octanol–water partition coefficient (Wildman–Crippen LogP) is 4.91. The van der Waals surface area contributed by atoms with E-state index in [1.807, 2.05) is 0 Å². The Balaban J connectivity index is 2.07. The molecule has 0 spiro atoms. The molecule has 0 radical (unpaired) electrons. The van der Waals surface area contributed by atoms with E-state index in [0.717, 1.165) is 12.8 Å². The normalized spacial score (nSPS) is 45.2. The molecule has 3 aliphatic carbocycles. The highest BCUT2D eigenvalue weighted by atomic mass is 16.1. The Hall–Kier alpha value is -0.590. The van der Waals surface area contributed by atoms with Crippen molar-refractivity contribution in [2.24, 2.45) is 22.2 Å². The lowest BCUT2D eigenvalue weighted by Crippen LogP contribution is -2.54. The largest absolute Gasteiger partial charge is 0.299 e. The van der Waals surface area contributed by atoms with Gasteiger partial charge in [-0.1, -0.05) is 39.3 Å². The molecule has 19 heavy (non-hydrogen) atoms. The molecule has 3 rings (SSSR count). The first kappa shape index (κ1) is 13.4. The Morgan fingerprint density at radius 2 is 1.84 bits per heavy atom. The van der Waals surface area contributed by atoms with Crippen molar-refractivity contribution in [1.82, 2.24) is 0 Å². The number of Topliss-reactive ketones (excluding diaryl/α,β-unsaturated/α-hetero) is 1. The molecule has 0 bridgehead atoms. The first-order valence-corrected chi connectivity index (χ1v) is 8.05. The van der Waals surface area contributed by atoms with Gasteiger partial charge in [0, 0.05) is 11.8 Å². The van der Waals surface area contributed by atoms with Gasteiger partial charge in [0.15, 0.2) is 0 Å². The van der Waals surface area contributed by atoms with Crippen molar-refractivity contribution in [3.63, 3.8) is 0 Å². The average molecular weight is 260 g/mol. The van der Waals surface area contributed by atoms with E-state index in [2.05, 4.69) is 33.8 Å². The van der Waals surface area contributed by atoms with Crippen LogP contribution in [0.4, 0.5) is 0 Å². The van der Waals surface area contributed by atoms with E-state index in [1.54, 1.807) is 5.57 Å². The summed E-state index contributed by atoms with van der Waals surface area (Å²) in [6.45, 7) is 9.33. The van der Waals surface area contributed by atoms with Gasteiger partial charge in [0.2, 0.25) is 0 Å². The zero-order chi connectivity index (χ0) is 13.9. The Kier molecular flexibility index (Phi) is 2.79. The number of ketones is 1. The van der Waals surface area contributed by atoms with Gasteiger partial charge < -0.3 is 0 Å². The molecule has 0 saturated heterocycles. The minimum atomic E-state index is -0.118. The molecule has 0 aliphatic heterocycles. The molecule has 2 saturated carbocycles. The SMILES string of the molecule is CC12CCCC=C1[C@@]1(C)CCC(=O)C(C)(C)[C@@H]1CC2. The molecule has 1 heteroatoms. The van der Waals surface area contributed by atoms with Crippen LogP contribution in [-0.2, 0) is 4.79 Å². The van der Waals surface area contributed by atoms with Crippen LogP contribution in [0.1, 0.15) is 72.6 Å². The van der Waals surface area contributed by atoms with Crippen LogP contribution in [0.3, 0.4) is 0 Å². The third-order valence-corrected chi connectivity index (χ3v) is 6.76. The van der Waals surface area contributed by atoms with Crippen molar-refractivity contribution >= 4 is 5.78 Å². The quantitative estimate of drug-likeness (QED) is 0.566. The maximum absolute atomic E-state index is 12.3. The number of allylic oxidation sites excluding steroid dienone is 2. The molecule has 0 aromatic carbocycles. The second kappa shape index (κ2) is 3.96. The second-order valence-electron chi connectivity index (χ2n) is 8.22. The topological polar surface area (TPSA) is 17.1 Å². The first-order chi connectivity index (χ1) is 8.81. The molecule has 0 heterocycles. The van der Waals surface area contributed by atoms with E-state index < -0.39 is 0 Å². The summed E-state index contributed by atoms with van der Waals surface area (Å²) in [5.74, 6) is 1.05. The van der Waals surface area contributed by atoms with E-state index in [0.29, 0.717) is 17.1 Å². The highest BCUT2D eigenvalue weighted by Crippen LogP contribution is 2.65. The Bertz CT molecular complexity index is 445. The number of rotatable bonds is 0. The van der Waals surface area contributed by atoms with Gasteiger partial charge in [-0.15, -0.1) is 0 Å². The standard InChI is InChI=1S/C18H28O/c1-16(2)13-8-11-17(3)10-6-5-7-14(17)18(13,4)12-9-15(16)19/h7,13H,5-6,8-12H2,1-4H3/t13-,17?,18-/m0/s1. The maximum atomic E-state index is 12.3. The van der Waals surface area contributed by atoms with Gasteiger partial charge in [0.1, 0.15) is 5.78 Å². The zero-order valence-electron chi connectivity index (χ0n) is 13.0. The second-order valence-corrected chi connectivity index (χ2v) is 8.22. The first-order valence-electron chi connectivity index (χ1n) is 8.05. The number of carbonyl (C=O) groups is 1. The molecule has 106 valence electrons. The highest BCUT2D eigenvalue weighted by Gasteiger charge is 2.57. The Morgan fingerprint density at radius 1 is 1.11 bits per heavy atom. The molecular formula is C18H28O. The zero-order valence-corrected chi connectivity index (χ0v) is 13.0. The number of carbonyl (C=O) groups excluding carboxylic acids is 1. The van der Waals surface area contributed by atoms with Crippen LogP contribution in [-0.4, -0.2) is 5.78 Å². The Labute approximate surface area is 117 Å². The number of hydrogen-bond acceptors (Lipinski definition) is 1. The van der Waals surface area contributed by atoms with Gasteiger partial charge in [-0.25, -0.2) is 0 Å². The van der Waals surface area contributed by atoms with E-state index in [4.69, 9.17) is 0 Å². The van der Waals surface area contributed by atoms with Crippen molar-refractivity contribution in [3.05, 3.63) is 11.6 Å². The van der Waals surface area contributed by atoms with Crippen LogP contribution in [0.25, 0.3) is 0 Å². The summed E-state index contributed by atoms with van der Waals surface area (Å²) in [5.41, 5.74) is 2.31. The minimum absolute atomic E-state index is 0.118. The maximum Gasteiger partial charge on any atom is 0.138 e. The lowest BCUT2D eigenvalue weighted by molar-refractivity contribution is -0.141. The van der Waals surface area contributed by atoms with Gasteiger partial charge in [-0.3, -0.25) is 4.79 Å². The van der Waals surface area contributed by atoms with E-state index in [9.17, 15) is 4.79 Å². The van der Waals surface area contributed by atoms with Crippen LogP contribution >= 0.6 is 0 Å². The van der Waals surface area contributed by atoms with Crippen molar-refractivity contribution in [1.29, 1.82) is 0 Å². The van der Waals surface area contributed by atoms with Crippen molar-refractivity contribution < 1.29 is 4.79 Å². The summed E-state index contributed by atoms with van der Waals surface area (Å²) in [4.78, 5) is 12.3. The van der Waals surface area contributed by atoms with E-state index in [-0.39, 0.29) is 10.8 Å². The van der Waals surface area contributed by atoms with Crippen molar-refractivity contribution in [3.8, 4) is 0 Å². The summed E-state index contributed by atoms with van der Waals surface area (Å²) in [5, 5.41) is 0. The third-order valence-electron chi connectivity index (χ3n) is 6.76. The average Bonchev–Trinajstić information content (AvgIpc) is 2.34. The van der Waals surface area contributed by atoms with Crippen molar-refractivity contribution in [2.75, 3.05) is 0 Å². The van der Waals surface area contributed by atoms with Crippen molar-refractivity contribution in [2.45, 2.75) is 72.6 Å². The monoisotopic (exact) mass is 260 g/mol. The molecule has 0 aromatic rings. The van der Waals surface area contributed by atoms with Crippen LogP contribution in [0.2, 0.25) is 0 Å². The summed E-state index contributed by atoms with van der Waals surface area (Å²) >= 11 is 0. The van der Waals surface area contributed by atoms with Crippen LogP contribution in [0.15, 0.2) is 11.6 Å². The summed E-state index contributed by atoms with van der Waals surface area (Å²) in [6, 6.07) is 0. The van der Waals surface area contributed by atoms with E-state index >= 15 is 0 Å².